The predicted octanol–water partition coefficient (Wildman–Crippen LogP) is 4.91. The Morgan fingerprint density at radius 1 is 1.12 bits per heavy atom. The number of hydrogen-bond acceptors (Lipinski definition) is 3. The first-order valence-electron chi connectivity index (χ1n) is 8.15. The van der Waals surface area contributed by atoms with Gasteiger partial charge in [0.1, 0.15) is 5.60 Å². The minimum Gasteiger partial charge on any atom is -0.458 e. The van der Waals surface area contributed by atoms with Gasteiger partial charge in [-0.3, -0.25) is 0 Å². The Labute approximate surface area is 158 Å². The molecule has 0 fully saturated rings. The number of carbonyl (C=O) groups is 1. The number of hydrogen-bond donors (Lipinski definition) is 1. The van der Waals surface area contributed by atoms with Crippen molar-refractivity contribution in [2.75, 3.05) is 0 Å². The zero-order valence-corrected chi connectivity index (χ0v) is 16.4. The van der Waals surface area contributed by atoms with E-state index in [0.29, 0.717) is 5.56 Å². The molecule has 0 bridgehead atoms. The Morgan fingerprint density at radius 3 is 2.20 bits per heavy atom. The van der Waals surface area contributed by atoms with Gasteiger partial charge in [0.2, 0.25) is 0 Å². The molecule has 25 heavy (non-hydrogen) atoms. The highest BCUT2D eigenvalue weighted by atomic mass is 79.9. The zero-order chi connectivity index (χ0) is 18.7. The van der Waals surface area contributed by atoms with Crippen molar-refractivity contribution in [1.82, 2.24) is 0 Å². The second-order valence-electron chi connectivity index (χ2n) is 6.97. The summed E-state index contributed by atoms with van der Waals surface area (Å²) in [5.41, 5.74) is 6.30. The molecule has 0 heterocycles. The minimum absolute atomic E-state index is 0.458. The van der Waals surface area contributed by atoms with Crippen LogP contribution in [-0.4, -0.2) is 11.6 Å². The number of halogens is 1. The van der Waals surface area contributed by atoms with Gasteiger partial charge >= 0.3 is 5.97 Å². The van der Waals surface area contributed by atoms with Crippen molar-refractivity contribution in [3.8, 4) is 0 Å². The van der Waals surface area contributed by atoms with Crippen molar-refractivity contribution >= 4 is 21.9 Å². The third-order valence-electron chi connectivity index (χ3n) is 3.95. The quantitative estimate of drug-likeness (QED) is 0.571. The summed E-state index contributed by atoms with van der Waals surface area (Å²) in [6.07, 6.45) is 1.71. The van der Waals surface area contributed by atoms with Crippen LogP contribution in [0.1, 0.15) is 37.8 Å². The highest BCUT2D eigenvalue weighted by Gasteiger charge is 2.46. The monoisotopic (exact) mass is 401 g/mol. The standard InChI is InChI=1S/C21H24BrNO2/c1-5-17(16-13-9-10-14-18(16)22)21(23,15-11-7-6-8-12-15)19(24)25-20(2,3)4/h5-14,17H,1,23H2,2-4H3/t17-,21+/m0/s1. The maximum absolute atomic E-state index is 13.2. The second-order valence-corrected chi connectivity index (χ2v) is 7.83. The number of carbonyl (C=O) groups excluding carboxylic acids is 1. The van der Waals surface area contributed by atoms with Gasteiger partial charge in [-0.05, 0) is 38.0 Å². The van der Waals surface area contributed by atoms with E-state index in [1.165, 1.54) is 0 Å². The van der Waals surface area contributed by atoms with E-state index in [0.717, 1.165) is 10.0 Å². The Balaban J connectivity index is 2.64. The summed E-state index contributed by atoms with van der Waals surface area (Å²) in [4.78, 5) is 13.2. The lowest BCUT2D eigenvalue weighted by Crippen LogP contribution is -2.52. The first kappa shape index (κ1) is 19.4. The molecule has 0 radical (unpaired) electrons. The van der Waals surface area contributed by atoms with Crippen molar-refractivity contribution in [3.63, 3.8) is 0 Å². The Morgan fingerprint density at radius 2 is 1.68 bits per heavy atom. The van der Waals surface area contributed by atoms with Crippen molar-refractivity contribution in [3.05, 3.63) is 82.9 Å². The van der Waals surface area contributed by atoms with Gasteiger partial charge in [0, 0.05) is 10.4 Å². The number of rotatable bonds is 5. The third kappa shape index (κ3) is 4.20. The zero-order valence-electron chi connectivity index (χ0n) is 14.8. The fourth-order valence-corrected chi connectivity index (χ4v) is 3.32. The maximum atomic E-state index is 13.2. The third-order valence-corrected chi connectivity index (χ3v) is 4.68. The Bertz CT molecular complexity index is 752. The van der Waals surface area contributed by atoms with Crippen LogP contribution in [0.5, 0.6) is 0 Å². The van der Waals surface area contributed by atoms with Crippen LogP contribution < -0.4 is 5.73 Å². The molecule has 2 aromatic rings. The molecule has 0 amide bonds. The lowest BCUT2D eigenvalue weighted by Gasteiger charge is -2.37. The highest BCUT2D eigenvalue weighted by molar-refractivity contribution is 9.10. The van der Waals surface area contributed by atoms with Crippen LogP contribution in [0, 0.1) is 0 Å². The smallest absolute Gasteiger partial charge is 0.332 e. The van der Waals surface area contributed by atoms with E-state index in [2.05, 4.69) is 22.5 Å². The van der Waals surface area contributed by atoms with E-state index in [-0.39, 0.29) is 0 Å². The van der Waals surface area contributed by atoms with Crippen LogP contribution in [0.25, 0.3) is 0 Å². The second kappa shape index (κ2) is 7.54. The lowest BCUT2D eigenvalue weighted by atomic mass is 9.75. The van der Waals surface area contributed by atoms with E-state index in [4.69, 9.17) is 10.5 Å². The van der Waals surface area contributed by atoms with E-state index >= 15 is 0 Å². The van der Waals surface area contributed by atoms with Crippen molar-refractivity contribution in [2.45, 2.75) is 37.8 Å². The average molecular weight is 402 g/mol. The predicted molar refractivity (Wildman–Crippen MR) is 105 cm³/mol. The minimum atomic E-state index is -1.39. The molecular formula is C21H24BrNO2. The SMILES string of the molecule is C=C[C@@H](c1ccccc1Br)[C@@](N)(C(=O)OC(C)(C)C)c1ccccc1. The summed E-state index contributed by atoms with van der Waals surface area (Å²) in [5.74, 6) is -0.938. The van der Waals surface area contributed by atoms with Gasteiger partial charge in [-0.25, -0.2) is 4.79 Å². The molecule has 0 aromatic heterocycles. The van der Waals surface area contributed by atoms with Gasteiger partial charge in [-0.15, -0.1) is 6.58 Å². The van der Waals surface area contributed by atoms with E-state index < -0.39 is 23.0 Å². The first-order chi connectivity index (χ1) is 11.7. The molecular weight excluding hydrogens is 378 g/mol. The molecule has 0 aliphatic carbocycles. The van der Waals surface area contributed by atoms with Crippen molar-refractivity contribution in [2.24, 2.45) is 5.73 Å². The van der Waals surface area contributed by atoms with Crippen LogP contribution in [0.2, 0.25) is 0 Å². The Hall–Kier alpha value is -1.91. The van der Waals surface area contributed by atoms with Crippen LogP contribution in [0.15, 0.2) is 71.7 Å². The summed E-state index contributed by atoms with van der Waals surface area (Å²) in [6.45, 7) is 9.43. The number of benzene rings is 2. The number of ether oxygens (including phenoxy) is 1. The molecule has 2 aromatic carbocycles. The van der Waals surface area contributed by atoms with Crippen LogP contribution in [-0.2, 0) is 15.1 Å². The molecule has 2 rings (SSSR count). The fraction of sp³-hybridized carbons (Fsp3) is 0.286. The molecule has 0 aliphatic heterocycles. The number of nitrogens with two attached hydrogens (primary N) is 1. The van der Waals surface area contributed by atoms with Gasteiger partial charge in [-0.2, -0.15) is 0 Å². The summed E-state index contributed by atoms with van der Waals surface area (Å²) in [5, 5.41) is 0. The van der Waals surface area contributed by atoms with Gasteiger partial charge in [0.25, 0.3) is 0 Å². The summed E-state index contributed by atoms with van der Waals surface area (Å²) in [7, 11) is 0. The molecule has 4 heteroatoms. The topological polar surface area (TPSA) is 52.3 Å². The molecule has 3 nitrogen and oxygen atoms in total. The van der Waals surface area contributed by atoms with Crippen LogP contribution in [0.4, 0.5) is 0 Å². The fourth-order valence-electron chi connectivity index (χ4n) is 2.79. The van der Waals surface area contributed by atoms with E-state index in [9.17, 15) is 4.79 Å². The molecule has 0 spiro atoms. The summed E-state index contributed by atoms with van der Waals surface area (Å²) < 4.78 is 6.54. The molecule has 0 aliphatic rings. The largest absolute Gasteiger partial charge is 0.458 e. The molecule has 2 N–H and O–H groups in total. The van der Waals surface area contributed by atoms with Gasteiger partial charge in [-0.1, -0.05) is 70.5 Å². The lowest BCUT2D eigenvalue weighted by molar-refractivity contribution is -0.162. The average Bonchev–Trinajstić information content (AvgIpc) is 2.56. The van der Waals surface area contributed by atoms with Gasteiger partial charge in [0.05, 0.1) is 0 Å². The van der Waals surface area contributed by atoms with Gasteiger partial charge in [0.15, 0.2) is 5.54 Å². The maximum Gasteiger partial charge on any atom is 0.332 e. The van der Waals surface area contributed by atoms with E-state index in [1.807, 2.05) is 75.4 Å². The molecule has 2 atom stereocenters. The van der Waals surface area contributed by atoms with Gasteiger partial charge < -0.3 is 10.5 Å². The van der Waals surface area contributed by atoms with Crippen LogP contribution in [0.3, 0.4) is 0 Å². The Kier molecular flexibility index (Phi) is 5.86. The molecule has 0 unspecified atom stereocenters. The highest BCUT2D eigenvalue weighted by Crippen LogP contribution is 2.40. The number of esters is 1. The van der Waals surface area contributed by atoms with Crippen molar-refractivity contribution < 1.29 is 9.53 Å². The molecule has 0 saturated carbocycles. The molecule has 132 valence electrons. The molecule has 0 saturated heterocycles. The normalized spacial score (nSPS) is 15.1. The summed E-state index contributed by atoms with van der Waals surface area (Å²) in [6, 6.07) is 17.0. The van der Waals surface area contributed by atoms with Crippen LogP contribution >= 0.6 is 15.9 Å². The summed E-state index contributed by atoms with van der Waals surface area (Å²) >= 11 is 3.56. The first-order valence-corrected chi connectivity index (χ1v) is 8.94. The van der Waals surface area contributed by atoms with E-state index in [1.54, 1.807) is 6.08 Å². The van der Waals surface area contributed by atoms with Crippen molar-refractivity contribution in [1.29, 1.82) is 0 Å².